The van der Waals surface area contributed by atoms with Gasteiger partial charge in [0.25, 0.3) is 0 Å². The summed E-state index contributed by atoms with van der Waals surface area (Å²) in [5.74, 6) is 1.63. The molecule has 0 saturated carbocycles. The fraction of sp³-hybridized carbons (Fsp3) is 0.0455. The summed E-state index contributed by atoms with van der Waals surface area (Å²) in [6, 6.07) is 23.4. The zero-order chi connectivity index (χ0) is 20.1. The minimum absolute atomic E-state index is 0.129. The molecule has 0 fully saturated rings. The second-order valence-electron chi connectivity index (χ2n) is 6.09. The Bertz CT molecular complexity index is 1130. The number of carbonyl (C=O) groups is 1. The molecule has 0 aliphatic heterocycles. The molecule has 7 heteroatoms. The van der Waals surface area contributed by atoms with Crippen molar-refractivity contribution in [2.75, 3.05) is 17.7 Å². The summed E-state index contributed by atoms with van der Waals surface area (Å²) in [6.07, 6.45) is 0. The Morgan fingerprint density at radius 3 is 2.24 bits per heavy atom. The van der Waals surface area contributed by atoms with E-state index < -0.39 is 6.03 Å². The van der Waals surface area contributed by atoms with E-state index in [1.807, 2.05) is 42.5 Å². The van der Waals surface area contributed by atoms with Crippen molar-refractivity contribution < 1.29 is 14.3 Å². The summed E-state index contributed by atoms with van der Waals surface area (Å²) < 4.78 is 10.9. The third kappa shape index (κ3) is 4.41. The highest BCUT2D eigenvalue weighted by Gasteiger charge is 2.12. The molecule has 2 amide bonds. The predicted molar refractivity (Wildman–Crippen MR) is 112 cm³/mol. The summed E-state index contributed by atoms with van der Waals surface area (Å²) in [4.78, 5) is 21.2. The first-order chi connectivity index (χ1) is 14.2. The third-order valence-electron chi connectivity index (χ3n) is 4.11. The van der Waals surface area contributed by atoms with Crippen LogP contribution < -0.4 is 20.1 Å². The van der Waals surface area contributed by atoms with Gasteiger partial charge in [-0.15, -0.1) is 0 Å². The summed E-state index contributed by atoms with van der Waals surface area (Å²) in [6.45, 7) is 0. The molecule has 0 saturated heterocycles. The van der Waals surface area contributed by atoms with Gasteiger partial charge < -0.3 is 14.8 Å². The first-order valence-corrected chi connectivity index (χ1v) is 8.93. The van der Waals surface area contributed by atoms with Crippen LogP contribution in [0, 0.1) is 0 Å². The van der Waals surface area contributed by atoms with Crippen molar-refractivity contribution in [3.63, 3.8) is 0 Å². The third-order valence-corrected chi connectivity index (χ3v) is 4.11. The number of aromatic nitrogens is 2. The molecule has 1 aromatic heterocycles. The standard InChI is InChI=1S/C22H18N4O3/c1-28-16-11-13-17(14-12-16)29-22-24-19-10-6-5-9-18(19)20(26-22)25-21(27)23-15-7-3-2-4-8-15/h2-14H,1H3,(H2,23,24,25,26,27). The van der Waals surface area contributed by atoms with Crippen molar-refractivity contribution in [3.05, 3.63) is 78.9 Å². The molecule has 29 heavy (non-hydrogen) atoms. The number of amides is 2. The Morgan fingerprint density at radius 1 is 0.793 bits per heavy atom. The molecule has 0 bridgehead atoms. The SMILES string of the molecule is COc1ccc(Oc2nc(NC(=O)Nc3ccccc3)c3ccccc3n2)cc1. The van der Waals surface area contributed by atoms with Crippen LogP contribution in [0.25, 0.3) is 10.9 Å². The molecule has 1 heterocycles. The first kappa shape index (κ1) is 18.2. The lowest BCUT2D eigenvalue weighted by Crippen LogP contribution is -2.20. The molecule has 0 unspecified atom stereocenters. The Kier molecular flexibility index (Phi) is 5.20. The van der Waals surface area contributed by atoms with Gasteiger partial charge in [-0.25, -0.2) is 4.79 Å². The molecular formula is C22H18N4O3. The van der Waals surface area contributed by atoms with Crippen LogP contribution in [0.3, 0.4) is 0 Å². The molecule has 4 aromatic rings. The average Bonchev–Trinajstić information content (AvgIpc) is 2.75. The van der Waals surface area contributed by atoms with Gasteiger partial charge in [-0.2, -0.15) is 9.97 Å². The van der Waals surface area contributed by atoms with Gasteiger partial charge in [0.05, 0.1) is 12.6 Å². The molecule has 7 nitrogen and oxygen atoms in total. The number of nitrogens with zero attached hydrogens (tertiary/aromatic N) is 2. The van der Waals surface area contributed by atoms with Gasteiger partial charge in [-0.05, 0) is 48.5 Å². The van der Waals surface area contributed by atoms with Gasteiger partial charge in [0.15, 0.2) is 0 Å². The van der Waals surface area contributed by atoms with Crippen molar-refractivity contribution in [2.24, 2.45) is 0 Å². The van der Waals surface area contributed by atoms with Crippen LogP contribution in [0.5, 0.6) is 17.5 Å². The summed E-state index contributed by atoms with van der Waals surface area (Å²) in [7, 11) is 1.60. The highest BCUT2D eigenvalue weighted by molar-refractivity contribution is 6.04. The maximum absolute atomic E-state index is 12.4. The molecule has 4 rings (SSSR count). The van der Waals surface area contributed by atoms with Gasteiger partial charge in [-0.3, -0.25) is 5.32 Å². The van der Waals surface area contributed by atoms with Crippen molar-refractivity contribution in [1.82, 2.24) is 9.97 Å². The second-order valence-corrected chi connectivity index (χ2v) is 6.09. The monoisotopic (exact) mass is 386 g/mol. The van der Waals surface area contributed by atoms with E-state index in [0.29, 0.717) is 28.2 Å². The topological polar surface area (TPSA) is 85.4 Å². The summed E-state index contributed by atoms with van der Waals surface area (Å²) >= 11 is 0. The fourth-order valence-corrected chi connectivity index (χ4v) is 2.74. The molecule has 3 aromatic carbocycles. The van der Waals surface area contributed by atoms with Crippen LogP contribution in [0.15, 0.2) is 78.9 Å². The van der Waals surface area contributed by atoms with E-state index >= 15 is 0 Å². The number of rotatable bonds is 5. The van der Waals surface area contributed by atoms with Crippen LogP contribution in [-0.4, -0.2) is 23.1 Å². The Balaban J connectivity index is 1.60. The highest BCUT2D eigenvalue weighted by atomic mass is 16.5. The first-order valence-electron chi connectivity index (χ1n) is 8.93. The van der Waals surface area contributed by atoms with E-state index in [-0.39, 0.29) is 6.01 Å². The number of carbonyl (C=O) groups excluding carboxylic acids is 1. The maximum Gasteiger partial charge on any atom is 0.324 e. The van der Waals surface area contributed by atoms with Gasteiger partial charge >= 0.3 is 12.0 Å². The molecular weight excluding hydrogens is 368 g/mol. The largest absolute Gasteiger partial charge is 0.497 e. The van der Waals surface area contributed by atoms with E-state index in [9.17, 15) is 4.79 Å². The lowest BCUT2D eigenvalue weighted by Gasteiger charge is -2.11. The predicted octanol–water partition coefficient (Wildman–Crippen LogP) is 5.07. The average molecular weight is 386 g/mol. The van der Waals surface area contributed by atoms with Gasteiger partial charge in [-0.1, -0.05) is 30.3 Å². The van der Waals surface area contributed by atoms with Gasteiger partial charge in [0, 0.05) is 11.1 Å². The lowest BCUT2D eigenvalue weighted by molar-refractivity contribution is 0.262. The van der Waals surface area contributed by atoms with Crippen LogP contribution >= 0.6 is 0 Å². The highest BCUT2D eigenvalue weighted by Crippen LogP contribution is 2.27. The molecule has 2 N–H and O–H groups in total. The molecule has 0 aliphatic rings. The number of hydrogen-bond donors (Lipinski definition) is 2. The molecule has 144 valence electrons. The Labute approximate surface area is 167 Å². The van der Waals surface area contributed by atoms with E-state index in [4.69, 9.17) is 9.47 Å². The van der Waals surface area contributed by atoms with Crippen molar-refractivity contribution in [2.45, 2.75) is 0 Å². The molecule has 0 atom stereocenters. The summed E-state index contributed by atoms with van der Waals surface area (Å²) in [5.41, 5.74) is 1.33. The van der Waals surface area contributed by atoms with Crippen molar-refractivity contribution >= 4 is 28.4 Å². The number of methoxy groups -OCH3 is 1. The molecule has 0 spiro atoms. The van der Waals surface area contributed by atoms with E-state index in [1.54, 1.807) is 43.5 Å². The zero-order valence-corrected chi connectivity index (χ0v) is 15.6. The maximum atomic E-state index is 12.4. The Hall–Kier alpha value is -4.13. The Morgan fingerprint density at radius 2 is 1.48 bits per heavy atom. The van der Waals surface area contributed by atoms with Crippen LogP contribution in [0.4, 0.5) is 16.3 Å². The zero-order valence-electron chi connectivity index (χ0n) is 15.6. The number of nitrogens with one attached hydrogen (secondary N) is 2. The quantitative estimate of drug-likeness (QED) is 0.500. The number of fused-ring (bicyclic) bond motifs is 1. The molecule has 0 aliphatic carbocycles. The van der Waals surface area contributed by atoms with Gasteiger partial charge in [0.1, 0.15) is 17.3 Å². The number of hydrogen-bond acceptors (Lipinski definition) is 5. The van der Waals surface area contributed by atoms with Crippen LogP contribution in [-0.2, 0) is 0 Å². The van der Waals surface area contributed by atoms with Crippen LogP contribution in [0.1, 0.15) is 0 Å². The van der Waals surface area contributed by atoms with E-state index in [2.05, 4.69) is 20.6 Å². The summed E-state index contributed by atoms with van der Waals surface area (Å²) in [5, 5.41) is 6.25. The molecule has 0 radical (unpaired) electrons. The number of benzene rings is 3. The van der Waals surface area contributed by atoms with Crippen molar-refractivity contribution in [1.29, 1.82) is 0 Å². The minimum Gasteiger partial charge on any atom is -0.497 e. The normalized spacial score (nSPS) is 10.4. The number of urea groups is 1. The number of para-hydroxylation sites is 2. The van der Waals surface area contributed by atoms with E-state index in [0.717, 1.165) is 5.75 Å². The smallest absolute Gasteiger partial charge is 0.324 e. The van der Waals surface area contributed by atoms with Crippen molar-refractivity contribution in [3.8, 4) is 17.5 Å². The fourth-order valence-electron chi connectivity index (χ4n) is 2.74. The minimum atomic E-state index is -0.407. The van der Waals surface area contributed by atoms with Gasteiger partial charge in [0.2, 0.25) is 0 Å². The van der Waals surface area contributed by atoms with Crippen LogP contribution in [0.2, 0.25) is 0 Å². The number of ether oxygens (including phenoxy) is 2. The number of anilines is 2. The lowest BCUT2D eigenvalue weighted by atomic mass is 10.2. The second kappa shape index (κ2) is 8.26. The van der Waals surface area contributed by atoms with E-state index in [1.165, 1.54) is 0 Å².